The number of anilines is 2. The van der Waals surface area contributed by atoms with Crippen LogP contribution >= 0.6 is 0 Å². The molecular weight excluding hydrogens is 338 g/mol. The molecule has 5 nitrogen and oxygen atoms in total. The number of aromatic nitrogens is 1. The molecule has 0 spiro atoms. The summed E-state index contributed by atoms with van der Waals surface area (Å²) in [7, 11) is 1.86. The fourth-order valence-corrected chi connectivity index (χ4v) is 3.80. The lowest BCUT2D eigenvalue weighted by Gasteiger charge is -2.18. The predicted octanol–water partition coefficient (Wildman–Crippen LogP) is 5.11. The quantitative estimate of drug-likeness (QED) is 0.599. The van der Waals surface area contributed by atoms with E-state index in [4.69, 9.17) is 4.52 Å². The summed E-state index contributed by atoms with van der Waals surface area (Å²) in [6.45, 7) is 3.87. The van der Waals surface area contributed by atoms with Gasteiger partial charge in [0.25, 0.3) is 0 Å². The predicted molar refractivity (Wildman–Crippen MR) is 108 cm³/mol. The second-order valence-electron chi connectivity index (χ2n) is 7.02. The lowest BCUT2D eigenvalue weighted by Crippen LogP contribution is -2.03. The average molecular weight is 361 g/mol. The standard InChI is InChI=1S/C22H23N3O2/c1-13-21(14(2)27-25-13)16-10-19(22(24-12-26)20(11-16)23-3)18-7-5-4-6-17(18)15-8-9-15/h4-7,10-12,15,23H,8-9H2,1-3H3,(H,24,26). The number of nitrogens with zero attached hydrogens (tertiary/aromatic N) is 1. The van der Waals surface area contributed by atoms with Crippen LogP contribution in [-0.4, -0.2) is 18.6 Å². The number of nitrogens with one attached hydrogen (secondary N) is 2. The summed E-state index contributed by atoms with van der Waals surface area (Å²) in [6.07, 6.45) is 3.17. The lowest BCUT2D eigenvalue weighted by atomic mass is 9.91. The van der Waals surface area contributed by atoms with Crippen molar-refractivity contribution in [2.24, 2.45) is 0 Å². The normalized spacial score (nSPS) is 13.4. The van der Waals surface area contributed by atoms with E-state index in [9.17, 15) is 4.79 Å². The topological polar surface area (TPSA) is 67.2 Å². The zero-order valence-electron chi connectivity index (χ0n) is 15.8. The lowest BCUT2D eigenvalue weighted by molar-refractivity contribution is -0.105. The molecule has 0 radical (unpaired) electrons. The van der Waals surface area contributed by atoms with Crippen LogP contribution in [0.1, 0.15) is 35.8 Å². The second-order valence-corrected chi connectivity index (χ2v) is 7.02. The molecule has 0 aliphatic heterocycles. The Morgan fingerprint density at radius 2 is 1.93 bits per heavy atom. The van der Waals surface area contributed by atoms with Crippen molar-refractivity contribution in [2.75, 3.05) is 17.7 Å². The fraction of sp³-hybridized carbons (Fsp3) is 0.273. The smallest absolute Gasteiger partial charge is 0.211 e. The highest BCUT2D eigenvalue weighted by Gasteiger charge is 2.27. The molecule has 1 saturated carbocycles. The molecule has 138 valence electrons. The van der Waals surface area contributed by atoms with Gasteiger partial charge in [-0.25, -0.2) is 0 Å². The molecule has 5 heteroatoms. The highest BCUT2D eigenvalue weighted by molar-refractivity contribution is 5.97. The van der Waals surface area contributed by atoms with Gasteiger partial charge in [-0.05, 0) is 61.4 Å². The monoisotopic (exact) mass is 361 g/mol. The summed E-state index contributed by atoms with van der Waals surface area (Å²) >= 11 is 0. The molecule has 0 saturated heterocycles. The van der Waals surface area contributed by atoms with E-state index in [-0.39, 0.29) is 0 Å². The van der Waals surface area contributed by atoms with Gasteiger partial charge < -0.3 is 15.2 Å². The van der Waals surface area contributed by atoms with Crippen LogP contribution in [0.25, 0.3) is 22.3 Å². The minimum absolute atomic E-state index is 0.603. The molecule has 1 aliphatic carbocycles. The van der Waals surface area contributed by atoms with Crippen molar-refractivity contribution in [2.45, 2.75) is 32.6 Å². The van der Waals surface area contributed by atoms with Gasteiger partial charge >= 0.3 is 0 Å². The van der Waals surface area contributed by atoms with E-state index in [0.717, 1.165) is 51.5 Å². The van der Waals surface area contributed by atoms with Gasteiger partial charge in [-0.2, -0.15) is 0 Å². The van der Waals surface area contributed by atoms with Crippen molar-refractivity contribution in [1.29, 1.82) is 0 Å². The van der Waals surface area contributed by atoms with E-state index in [1.165, 1.54) is 18.4 Å². The van der Waals surface area contributed by atoms with Crippen molar-refractivity contribution in [3.05, 3.63) is 53.4 Å². The van der Waals surface area contributed by atoms with E-state index in [0.29, 0.717) is 5.92 Å². The van der Waals surface area contributed by atoms with Gasteiger partial charge in [0, 0.05) is 18.2 Å². The van der Waals surface area contributed by atoms with Crippen molar-refractivity contribution in [1.82, 2.24) is 5.16 Å². The molecule has 1 aliphatic rings. The number of hydrogen-bond acceptors (Lipinski definition) is 4. The first-order chi connectivity index (χ1) is 13.1. The van der Waals surface area contributed by atoms with Crippen molar-refractivity contribution in [3.63, 3.8) is 0 Å². The molecule has 27 heavy (non-hydrogen) atoms. The summed E-state index contributed by atoms with van der Waals surface area (Å²) in [6, 6.07) is 12.6. The molecular formula is C22H23N3O2. The molecule has 2 N–H and O–H groups in total. The van der Waals surface area contributed by atoms with Crippen molar-refractivity contribution < 1.29 is 9.32 Å². The highest BCUT2D eigenvalue weighted by atomic mass is 16.5. The molecule has 4 rings (SSSR count). The van der Waals surface area contributed by atoms with Gasteiger partial charge in [-0.1, -0.05) is 29.4 Å². The first kappa shape index (κ1) is 17.3. The van der Waals surface area contributed by atoms with E-state index < -0.39 is 0 Å². The van der Waals surface area contributed by atoms with Gasteiger partial charge in [0.1, 0.15) is 5.76 Å². The first-order valence-corrected chi connectivity index (χ1v) is 9.22. The van der Waals surface area contributed by atoms with E-state index in [1.807, 2.05) is 33.0 Å². The molecule has 0 atom stereocenters. The van der Waals surface area contributed by atoms with Crippen LogP contribution in [0.2, 0.25) is 0 Å². The molecule has 1 heterocycles. The minimum Gasteiger partial charge on any atom is -0.386 e. The Balaban J connectivity index is 1.99. The fourth-order valence-electron chi connectivity index (χ4n) is 3.80. The van der Waals surface area contributed by atoms with E-state index in [1.54, 1.807) is 0 Å². The maximum absolute atomic E-state index is 11.3. The summed E-state index contributed by atoms with van der Waals surface area (Å²) < 4.78 is 5.38. The van der Waals surface area contributed by atoms with Gasteiger partial charge in [0.2, 0.25) is 6.41 Å². The van der Waals surface area contributed by atoms with Crippen LogP contribution in [0, 0.1) is 13.8 Å². The third-order valence-corrected chi connectivity index (χ3v) is 5.20. The summed E-state index contributed by atoms with van der Waals surface area (Å²) in [5, 5.41) is 10.2. The third-order valence-electron chi connectivity index (χ3n) is 5.20. The van der Waals surface area contributed by atoms with Crippen LogP contribution in [0.5, 0.6) is 0 Å². The Morgan fingerprint density at radius 3 is 2.56 bits per heavy atom. The number of carbonyl (C=O) groups excluding carboxylic acids is 1. The van der Waals surface area contributed by atoms with E-state index in [2.05, 4.69) is 40.1 Å². The Morgan fingerprint density at radius 1 is 1.15 bits per heavy atom. The average Bonchev–Trinajstić information content (AvgIpc) is 3.47. The summed E-state index contributed by atoms with van der Waals surface area (Å²) in [4.78, 5) is 11.3. The number of aryl methyl sites for hydroxylation is 2. The molecule has 3 aromatic rings. The summed E-state index contributed by atoms with van der Waals surface area (Å²) in [5.74, 6) is 1.39. The molecule has 1 amide bonds. The Labute approximate surface area is 158 Å². The number of rotatable bonds is 6. The molecule has 1 fully saturated rings. The zero-order valence-corrected chi connectivity index (χ0v) is 15.8. The first-order valence-electron chi connectivity index (χ1n) is 9.22. The molecule has 0 bridgehead atoms. The molecule has 0 unspecified atom stereocenters. The molecule has 1 aromatic heterocycles. The number of amides is 1. The van der Waals surface area contributed by atoms with Gasteiger partial charge in [0.05, 0.1) is 17.1 Å². The van der Waals surface area contributed by atoms with Crippen molar-refractivity contribution >= 4 is 17.8 Å². The van der Waals surface area contributed by atoms with Gasteiger partial charge in [0.15, 0.2) is 0 Å². The number of carbonyl (C=O) groups is 1. The van der Waals surface area contributed by atoms with Gasteiger partial charge in [-0.15, -0.1) is 0 Å². The molecule has 2 aromatic carbocycles. The van der Waals surface area contributed by atoms with Crippen LogP contribution in [0.3, 0.4) is 0 Å². The maximum atomic E-state index is 11.3. The maximum Gasteiger partial charge on any atom is 0.211 e. The Kier molecular flexibility index (Phi) is 4.44. The highest BCUT2D eigenvalue weighted by Crippen LogP contribution is 2.47. The van der Waals surface area contributed by atoms with Crippen LogP contribution < -0.4 is 10.6 Å². The zero-order chi connectivity index (χ0) is 19.0. The summed E-state index contributed by atoms with van der Waals surface area (Å²) in [5.41, 5.74) is 8.02. The van der Waals surface area contributed by atoms with Crippen LogP contribution in [-0.2, 0) is 4.79 Å². The number of benzene rings is 2. The minimum atomic E-state index is 0.603. The Hall–Kier alpha value is -3.08. The Bertz CT molecular complexity index is 983. The number of hydrogen-bond donors (Lipinski definition) is 2. The SMILES string of the molecule is CNc1cc(-c2c(C)noc2C)cc(-c2ccccc2C2CC2)c1NC=O. The van der Waals surface area contributed by atoms with E-state index >= 15 is 0 Å². The third kappa shape index (κ3) is 3.10. The van der Waals surface area contributed by atoms with Crippen LogP contribution in [0.15, 0.2) is 40.9 Å². The van der Waals surface area contributed by atoms with Crippen LogP contribution in [0.4, 0.5) is 11.4 Å². The van der Waals surface area contributed by atoms with Gasteiger partial charge in [-0.3, -0.25) is 4.79 Å². The largest absolute Gasteiger partial charge is 0.386 e. The second kappa shape index (κ2) is 6.91. The van der Waals surface area contributed by atoms with Crippen molar-refractivity contribution in [3.8, 4) is 22.3 Å².